The van der Waals surface area contributed by atoms with E-state index in [1.165, 1.54) is 0 Å². The largest absolute Gasteiger partial charge is 0.494 e. The fourth-order valence-corrected chi connectivity index (χ4v) is 1.54. The molecule has 0 unspecified atom stereocenters. The lowest BCUT2D eigenvalue weighted by Crippen LogP contribution is -2.06. The van der Waals surface area contributed by atoms with Crippen molar-refractivity contribution in [2.45, 2.75) is 4.90 Å². The third-order valence-corrected chi connectivity index (χ3v) is 2.71. The smallest absolute Gasteiger partial charge is 0.310 e. The van der Waals surface area contributed by atoms with E-state index in [0.29, 0.717) is 6.07 Å². The maximum absolute atomic E-state index is 12.8. The summed E-state index contributed by atoms with van der Waals surface area (Å²) < 4.78 is 77.9. The lowest BCUT2D eigenvalue weighted by atomic mass is 10.3. The van der Waals surface area contributed by atoms with Gasteiger partial charge in [0.15, 0.2) is 11.6 Å². The Morgan fingerprint density at radius 3 is 1.93 bits per heavy atom. The van der Waals surface area contributed by atoms with Crippen molar-refractivity contribution in [1.82, 2.24) is 0 Å². The topological polar surface area (TPSA) is 9.23 Å². The van der Waals surface area contributed by atoms with Crippen LogP contribution in [0.4, 0.5) is 23.8 Å². The molecule has 1 aromatic rings. The van der Waals surface area contributed by atoms with Gasteiger partial charge in [-0.2, -0.15) is 0 Å². The summed E-state index contributed by atoms with van der Waals surface area (Å²) in [7, 11) is -8.78. The molecule has 0 aromatic heterocycles. The Labute approximate surface area is 81.4 Å². The van der Waals surface area contributed by atoms with Gasteiger partial charge in [0, 0.05) is 6.07 Å². The summed E-state index contributed by atoms with van der Waals surface area (Å²) in [4.78, 5) is -2.27. The van der Waals surface area contributed by atoms with Crippen LogP contribution in [0.3, 0.4) is 0 Å². The van der Waals surface area contributed by atoms with Gasteiger partial charge in [-0.1, -0.05) is 19.4 Å². The Bertz CT molecular complexity index is 397. The number of halogens is 6. The van der Waals surface area contributed by atoms with Crippen LogP contribution in [0.15, 0.2) is 23.1 Å². The highest BCUT2D eigenvalue weighted by molar-refractivity contribution is 8.45. The van der Waals surface area contributed by atoms with Crippen LogP contribution in [0.1, 0.15) is 0 Å². The van der Waals surface area contributed by atoms with Crippen molar-refractivity contribution in [3.05, 3.63) is 24.0 Å². The van der Waals surface area contributed by atoms with Gasteiger partial charge in [-0.3, -0.25) is 0 Å². The Morgan fingerprint density at radius 1 is 1.07 bits per heavy atom. The Hall–Kier alpha value is -1.05. The molecule has 0 saturated heterocycles. The second-order valence-corrected chi connectivity index (χ2v) is 5.17. The number of hydrogen-bond donors (Lipinski definition) is 0. The molecule has 1 nitrogen and oxygen atoms in total. The van der Waals surface area contributed by atoms with E-state index in [1.54, 1.807) is 0 Å². The van der Waals surface area contributed by atoms with Crippen molar-refractivity contribution in [3.8, 4) is 5.75 Å². The molecule has 0 aliphatic rings. The molecule has 0 saturated carbocycles. The van der Waals surface area contributed by atoms with E-state index in [1.807, 2.05) is 0 Å². The third kappa shape index (κ3) is 2.71. The molecule has 0 heterocycles. The summed E-state index contributed by atoms with van der Waals surface area (Å²) >= 11 is 0. The molecule has 0 spiro atoms. The maximum atomic E-state index is 12.8. The van der Waals surface area contributed by atoms with Gasteiger partial charge in [-0.25, -0.2) is 4.39 Å². The van der Waals surface area contributed by atoms with Gasteiger partial charge in [0.25, 0.3) is 0 Å². The van der Waals surface area contributed by atoms with Gasteiger partial charge in [0.2, 0.25) is 0 Å². The first-order valence-electron chi connectivity index (χ1n) is 3.52. The van der Waals surface area contributed by atoms with Gasteiger partial charge in [0.1, 0.15) is 4.90 Å². The summed E-state index contributed by atoms with van der Waals surface area (Å²) in [5.41, 5.74) is 0. The Kier molecular flexibility index (Phi) is 2.04. The van der Waals surface area contributed by atoms with E-state index in [0.717, 1.165) is 7.11 Å². The van der Waals surface area contributed by atoms with Crippen molar-refractivity contribution >= 4 is 10.2 Å². The molecule has 0 aliphatic heterocycles. The number of rotatable bonds is 2. The predicted molar refractivity (Wildman–Crippen MR) is 44.3 cm³/mol. The first-order valence-corrected chi connectivity index (χ1v) is 5.47. The van der Waals surface area contributed by atoms with Crippen molar-refractivity contribution in [2.24, 2.45) is 0 Å². The third-order valence-electron chi connectivity index (χ3n) is 1.57. The molecular weight excluding hydrogens is 246 g/mol. The molecule has 0 atom stereocenters. The van der Waals surface area contributed by atoms with E-state index < -0.39 is 26.7 Å². The van der Waals surface area contributed by atoms with Crippen molar-refractivity contribution < 1.29 is 28.6 Å². The van der Waals surface area contributed by atoms with Crippen molar-refractivity contribution in [3.63, 3.8) is 0 Å². The second-order valence-electron chi connectivity index (χ2n) is 2.77. The van der Waals surface area contributed by atoms with Gasteiger partial charge < -0.3 is 4.74 Å². The molecule has 0 fully saturated rings. The first kappa shape index (κ1) is 12.0. The number of benzene rings is 1. The highest BCUT2D eigenvalue weighted by Crippen LogP contribution is 3.02. The summed E-state index contributed by atoms with van der Waals surface area (Å²) in [5, 5.41) is 0. The van der Waals surface area contributed by atoms with Crippen LogP contribution >= 0.6 is 10.2 Å². The minimum atomic E-state index is -9.80. The second kappa shape index (κ2) is 2.55. The van der Waals surface area contributed by atoms with Gasteiger partial charge in [-0.05, 0) is 12.1 Å². The number of hydrogen-bond acceptors (Lipinski definition) is 1. The quantitative estimate of drug-likeness (QED) is 0.704. The monoisotopic (exact) mass is 252 g/mol. The molecule has 8 heteroatoms. The molecular formula is C7H6F6OS. The average molecular weight is 252 g/mol. The summed E-state index contributed by atoms with van der Waals surface area (Å²) in [6.07, 6.45) is 0. The SMILES string of the molecule is COc1ccc(S(F)(F)(F)(F)F)cc1F. The lowest BCUT2D eigenvalue weighted by Gasteiger charge is -2.40. The maximum Gasteiger partial charge on any atom is 0.310 e. The zero-order valence-corrected chi connectivity index (χ0v) is 8.13. The highest BCUT2D eigenvalue weighted by atomic mass is 32.5. The lowest BCUT2D eigenvalue weighted by molar-refractivity contribution is 0.359. The van der Waals surface area contributed by atoms with Crippen LogP contribution in [-0.2, 0) is 0 Å². The molecule has 88 valence electrons. The van der Waals surface area contributed by atoms with Crippen LogP contribution in [0.25, 0.3) is 0 Å². The zero-order valence-electron chi connectivity index (χ0n) is 7.32. The molecule has 0 radical (unpaired) electrons. The standard InChI is InChI=1S/C7H6F6OS/c1-14-7-3-2-5(4-6(7)8)15(9,10,11,12)13/h2-4H,1H3. The summed E-state index contributed by atoms with van der Waals surface area (Å²) in [5.74, 6) is -2.01. The van der Waals surface area contributed by atoms with Crippen LogP contribution < -0.4 is 4.74 Å². The first-order chi connectivity index (χ1) is 6.44. The Balaban J connectivity index is 3.39. The zero-order chi connectivity index (χ0) is 12.0. The van der Waals surface area contributed by atoms with Crippen LogP contribution in [0.5, 0.6) is 5.75 Å². The van der Waals surface area contributed by atoms with Gasteiger partial charge in [0.05, 0.1) is 7.11 Å². The highest BCUT2D eigenvalue weighted by Gasteiger charge is 2.65. The van der Waals surface area contributed by atoms with Crippen molar-refractivity contribution in [2.75, 3.05) is 7.11 Å². The van der Waals surface area contributed by atoms with Crippen LogP contribution in [0.2, 0.25) is 0 Å². The van der Waals surface area contributed by atoms with E-state index in [9.17, 15) is 23.8 Å². The minimum Gasteiger partial charge on any atom is -0.494 e. The predicted octanol–water partition coefficient (Wildman–Crippen LogP) is 4.49. The molecule has 0 bridgehead atoms. The molecule has 15 heavy (non-hydrogen) atoms. The van der Waals surface area contributed by atoms with E-state index >= 15 is 0 Å². The van der Waals surface area contributed by atoms with Gasteiger partial charge in [-0.15, -0.1) is 0 Å². The van der Waals surface area contributed by atoms with Crippen LogP contribution in [0, 0.1) is 5.82 Å². The summed E-state index contributed by atoms with van der Waals surface area (Å²) in [6.45, 7) is 0. The van der Waals surface area contributed by atoms with Crippen LogP contribution in [-0.4, -0.2) is 7.11 Å². The Morgan fingerprint density at radius 2 is 1.60 bits per heavy atom. The normalized spacial score (nSPS) is 16.7. The average Bonchev–Trinajstić information content (AvgIpc) is 2.00. The molecule has 1 rings (SSSR count). The fraction of sp³-hybridized carbons (Fsp3) is 0.143. The molecule has 0 amide bonds. The van der Waals surface area contributed by atoms with E-state index in [-0.39, 0.29) is 12.1 Å². The molecule has 0 N–H and O–H groups in total. The van der Waals surface area contributed by atoms with E-state index in [2.05, 4.69) is 4.74 Å². The summed E-state index contributed by atoms with van der Waals surface area (Å²) in [6, 6.07) is 0.312. The molecule has 1 aromatic carbocycles. The number of ether oxygens (including phenoxy) is 1. The fourth-order valence-electron chi connectivity index (χ4n) is 0.887. The number of methoxy groups -OCH3 is 1. The molecule has 0 aliphatic carbocycles. The van der Waals surface area contributed by atoms with Crippen molar-refractivity contribution in [1.29, 1.82) is 0 Å². The van der Waals surface area contributed by atoms with Gasteiger partial charge >= 0.3 is 10.2 Å². The minimum absolute atomic E-state index is 0.0868. The van der Waals surface area contributed by atoms with E-state index in [4.69, 9.17) is 0 Å².